The summed E-state index contributed by atoms with van der Waals surface area (Å²) in [6.45, 7) is 0. The summed E-state index contributed by atoms with van der Waals surface area (Å²) >= 11 is 0. The van der Waals surface area contributed by atoms with Gasteiger partial charge in [-0.1, -0.05) is 54.6 Å². The number of hydrogen-bond acceptors (Lipinski definition) is 1. The predicted molar refractivity (Wildman–Crippen MR) is 109 cm³/mol. The third-order valence-electron chi connectivity index (χ3n) is 5.21. The number of H-pyrrole nitrogens is 1. The highest BCUT2D eigenvalue weighted by molar-refractivity contribution is 6.26. The van der Waals surface area contributed by atoms with Crippen molar-refractivity contribution >= 4 is 43.7 Å². The number of aromatic nitrogens is 1. The van der Waals surface area contributed by atoms with Gasteiger partial charge >= 0.3 is 0 Å². The number of furan rings is 1. The fourth-order valence-corrected chi connectivity index (χ4v) is 4.02. The Kier molecular flexibility index (Phi) is 2.64. The van der Waals surface area contributed by atoms with Crippen molar-refractivity contribution < 1.29 is 4.42 Å². The Hall–Kier alpha value is -3.52. The Labute approximate surface area is 149 Å². The summed E-state index contributed by atoms with van der Waals surface area (Å²) in [6, 6.07) is 29.5. The third-order valence-corrected chi connectivity index (χ3v) is 5.21. The first-order valence-electron chi connectivity index (χ1n) is 8.79. The molecule has 0 aliphatic heterocycles. The number of hydrogen-bond donors (Lipinski definition) is 1. The highest BCUT2D eigenvalue weighted by atomic mass is 16.3. The van der Waals surface area contributed by atoms with Crippen LogP contribution in [0.2, 0.25) is 0 Å². The van der Waals surface area contributed by atoms with E-state index in [0.717, 1.165) is 27.6 Å². The first kappa shape index (κ1) is 13.7. The molecule has 0 unspecified atom stereocenters. The largest absolute Gasteiger partial charge is 0.456 e. The van der Waals surface area contributed by atoms with E-state index in [0.29, 0.717) is 0 Å². The van der Waals surface area contributed by atoms with E-state index in [1.54, 1.807) is 0 Å². The lowest BCUT2D eigenvalue weighted by atomic mass is 10.0. The van der Waals surface area contributed by atoms with Crippen molar-refractivity contribution in [2.24, 2.45) is 0 Å². The van der Waals surface area contributed by atoms with Crippen molar-refractivity contribution in [2.75, 3.05) is 0 Å². The molecule has 0 saturated heterocycles. The van der Waals surface area contributed by atoms with Gasteiger partial charge in [0.25, 0.3) is 0 Å². The molecule has 4 aromatic carbocycles. The lowest BCUT2D eigenvalue weighted by molar-refractivity contribution is 0.669. The van der Waals surface area contributed by atoms with E-state index in [1.165, 1.54) is 27.3 Å². The molecule has 122 valence electrons. The van der Waals surface area contributed by atoms with Crippen LogP contribution in [0.1, 0.15) is 0 Å². The standard InChI is InChI=1S/C24H15NO/c1-2-6-15(7-3-1)16-10-11-18-22(14-16)26-21-13-12-20-23(24(18)21)17-8-4-5-9-19(17)25-20/h1-14,25H. The van der Waals surface area contributed by atoms with Crippen molar-refractivity contribution in [3.63, 3.8) is 0 Å². The average Bonchev–Trinajstić information content (AvgIpc) is 3.25. The van der Waals surface area contributed by atoms with Gasteiger partial charge in [-0.15, -0.1) is 0 Å². The van der Waals surface area contributed by atoms with Crippen LogP contribution in [-0.2, 0) is 0 Å². The first-order valence-corrected chi connectivity index (χ1v) is 8.79. The lowest BCUT2D eigenvalue weighted by Gasteiger charge is -2.01. The summed E-state index contributed by atoms with van der Waals surface area (Å²) in [7, 11) is 0. The Morgan fingerprint density at radius 2 is 1.38 bits per heavy atom. The van der Waals surface area contributed by atoms with Gasteiger partial charge < -0.3 is 9.40 Å². The molecular formula is C24H15NO. The van der Waals surface area contributed by atoms with Gasteiger partial charge in [-0.2, -0.15) is 0 Å². The molecule has 0 aliphatic carbocycles. The summed E-state index contributed by atoms with van der Waals surface area (Å²) in [5.41, 5.74) is 6.54. The van der Waals surface area contributed by atoms with Crippen molar-refractivity contribution in [2.45, 2.75) is 0 Å². The summed E-state index contributed by atoms with van der Waals surface area (Å²) in [5.74, 6) is 0. The van der Waals surface area contributed by atoms with Crippen molar-refractivity contribution in [3.05, 3.63) is 84.9 Å². The molecular weight excluding hydrogens is 318 g/mol. The molecule has 0 spiro atoms. The van der Waals surface area contributed by atoms with E-state index in [1.807, 2.05) is 6.07 Å². The molecule has 2 nitrogen and oxygen atoms in total. The van der Waals surface area contributed by atoms with Crippen LogP contribution in [-0.4, -0.2) is 4.98 Å². The fraction of sp³-hybridized carbons (Fsp3) is 0. The van der Waals surface area contributed by atoms with E-state index in [4.69, 9.17) is 4.42 Å². The summed E-state index contributed by atoms with van der Waals surface area (Å²) in [6.07, 6.45) is 0. The highest BCUT2D eigenvalue weighted by Gasteiger charge is 2.14. The molecule has 6 rings (SSSR count). The molecule has 2 heteroatoms. The molecule has 2 aromatic heterocycles. The molecule has 0 radical (unpaired) electrons. The Morgan fingerprint density at radius 3 is 2.31 bits per heavy atom. The number of benzene rings is 4. The van der Waals surface area contributed by atoms with Crippen LogP contribution in [0.4, 0.5) is 0 Å². The molecule has 2 heterocycles. The van der Waals surface area contributed by atoms with E-state index in [9.17, 15) is 0 Å². The van der Waals surface area contributed by atoms with E-state index in [2.05, 4.69) is 83.8 Å². The zero-order valence-electron chi connectivity index (χ0n) is 14.0. The number of aromatic amines is 1. The molecule has 0 atom stereocenters. The monoisotopic (exact) mass is 333 g/mol. The molecule has 0 aliphatic rings. The topological polar surface area (TPSA) is 28.9 Å². The van der Waals surface area contributed by atoms with Crippen LogP contribution < -0.4 is 0 Å². The molecule has 6 aromatic rings. The second-order valence-electron chi connectivity index (χ2n) is 6.71. The Balaban J connectivity index is 1.73. The van der Waals surface area contributed by atoms with Gasteiger partial charge in [0.1, 0.15) is 11.2 Å². The van der Waals surface area contributed by atoms with Crippen LogP contribution >= 0.6 is 0 Å². The SMILES string of the molecule is c1ccc(-c2ccc3c(c2)oc2ccc4[nH]c5ccccc5c4c23)cc1. The van der Waals surface area contributed by atoms with E-state index >= 15 is 0 Å². The zero-order chi connectivity index (χ0) is 17.1. The first-order chi connectivity index (χ1) is 12.9. The van der Waals surface area contributed by atoms with Crippen LogP contribution in [0, 0.1) is 0 Å². The summed E-state index contributed by atoms with van der Waals surface area (Å²) in [4.78, 5) is 3.52. The molecule has 0 bridgehead atoms. The minimum absolute atomic E-state index is 0.930. The molecule has 0 fully saturated rings. The van der Waals surface area contributed by atoms with Gasteiger partial charge in [0.05, 0.1) is 0 Å². The number of para-hydroxylation sites is 1. The van der Waals surface area contributed by atoms with E-state index in [-0.39, 0.29) is 0 Å². The number of nitrogens with one attached hydrogen (secondary N) is 1. The van der Waals surface area contributed by atoms with Crippen LogP contribution in [0.25, 0.3) is 54.9 Å². The predicted octanol–water partition coefficient (Wildman–Crippen LogP) is 6.89. The molecule has 26 heavy (non-hydrogen) atoms. The van der Waals surface area contributed by atoms with Crippen molar-refractivity contribution in [3.8, 4) is 11.1 Å². The maximum Gasteiger partial charge on any atom is 0.136 e. The van der Waals surface area contributed by atoms with Gasteiger partial charge in [0.2, 0.25) is 0 Å². The van der Waals surface area contributed by atoms with Crippen LogP contribution in [0.5, 0.6) is 0 Å². The summed E-state index contributed by atoms with van der Waals surface area (Å²) < 4.78 is 6.23. The second-order valence-corrected chi connectivity index (χ2v) is 6.71. The van der Waals surface area contributed by atoms with Crippen LogP contribution in [0.3, 0.4) is 0 Å². The Bertz CT molecular complexity index is 1420. The van der Waals surface area contributed by atoms with Crippen molar-refractivity contribution in [1.82, 2.24) is 4.98 Å². The Morgan fingerprint density at radius 1 is 0.538 bits per heavy atom. The van der Waals surface area contributed by atoms with Crippen molar-refractivity contribution in [1.29, 1.82) is 0 Å². The van der Waals surface area contributed by atoms with Gasteiger partial charge in [0.15, 0.2) is 0 Å². The lowest BCUT2D eigenvalue weighted by Crippen LogP contribution is -1.76. The van der Waals surface area contributed by atoms with Crippen LogP contribution in [0.15, 0.2) is 89.3 Å². The molecule has 1 N–H and O–H groups in total. The smallest absolute Gasteiger partial charge is 0.136 e. The normalized spacial score (nSPS) is 11.8. The average molecular weight is 333 g/mol. The van der Waals surface area contributed by atoms with E-state index < -0.39 is 0 Å². The minimum atomic E-state index is 0.930. The highest BCUT2D eigenvalue weighted by Crippen LogP contribution is 2.39. The van der Waals surface area contributed by atoms with Gasteiger partial charge in [-0.05, 0) is 41.5 Å². The maximum atomic E-state index is 6.23. The van der Waals surface area contributed by atoms with Gasteiger partial charge in [0, 0.05) is 32.6 Å². The van der Waals surface area contributed by atoms with Gasteiger partial charge in [-0.25, -0.2) is 0 Å². The molecule has 0 amide bonds. The minimum Gasteiger partial charge on any atom is -0.456 e. The number of rotatable bonds is 1. The quantitative estimate of drug-likeness (QED) is 0.349. The molecule has 0 saturated carbocycles. The third kappa shape index (κ3) is 1.81. The zero-order valence-corrected chi connectivity index (χ0v) is 14.0. The maximum absolute atomic E-state index is 6.23. The number of fused-ring (bicyclic) bond motifs is 7. The van der Waals surface area contributed by atoms with Gasteiger partial charge in [-0.3, -0.25) is 0 Å². The summed E-state index contributed by atoms with van der Waals surface area (Å²) in [5, 5.41) is 4.83. The second kappa shape index (κ2) is 4.99. The fourth-order valence-electron chi connectivity index (χ4n) is 4.02.